The zero-order valence-electron chi connectivity index (χ0n) is 15.0. The Labute approximate surface area is 147 Å². The number of Topliss-reactive ketones (excluding diaryl/α,β-unsaturated/α-hetero) is 1. The topological polar surface area (TPSA) is 51.1 Å². The summed E-state index contributed by atoms with van der Waals surface area (Å²) in [6, 6.07) is 13.7. The van der Waals surface area contributed by atoms with E-state index in [4.69, 9.17) is 0 Å². The highest BCUT2D eigenvalue weighted by Crippen LogP contribution is 2.26. The highest BCUT2D eigenvalue weighted by molar-refractivity contribution is 6.08. The molecule has 0 aliphatic carbocycles. The average molecular weight is 334 g/mol. The SMILES string of the molecule is CC(=O)c1c(C)n(CC(=O)Nc2cc(C)ccc2C)c2ccccc12. The Morgan fingerprint density at radius 2 is 1.76 bits per heavy atom. The number of nitrogens with one attached hydrogen (secondary N) is 1. The van der Waals surface area contributed by atoms with Crippen LogP contribution in [0.3, 0.4) is 0 Å². The minimum absolute atomic E-state index is 0.0161. The number of anilines is 1. The van der Waals surface area contributed by atoms with Crippen molar-refractivity contribution in [1.82, 2.24) is 4.57 Å². The molecule has 0 fully saturated rings. The number of aryl methyl sites for hydroxylation is 2. The van der Waals surface area contributed by atoms with Gasteiger partial charge in [0.05, 0.1) is 0 Å². The van der Waals surface area contributed by atoms with E-state index >= 15 is 0 Å². The monoisotopic (exact) mass is 334 g/mol. The van der Waals surface area contributed by atoms with Gasteiger partial charge < -0.3 is 9.88 Å². The van der Waals surface area contributed by atoms with Gasteiger partial charge in [-0.05, 0) is 51.0 Å². The highest BCUT2D eigenvalue weighted by Gasteiger charge is 2.18. The Morgan fingerprint density at radius 3 is 2.48 bits per heavy atom. The van der Waals surface area contributed by atoms with Crippen LogP contribution in [0.15, 0.2) is 42.5 Å². The van der Waals surface area contributed by atoms with Crippen molar-refractivity contribution in [3.63, 3.8) is 0 Å². The molecule has 0 spiro atoms. The molecule has 0 aliphatic rings. The van der Waals surface area contributed by atoms with Crippen LogP contribution in [-0.4, -0.2) is 16.3 Å². The van der Waals surface area contributed by atoms with Gasteiger partial charge in [0.1, 0.15) is 6.54 Å². The Kier molecular flexibility index (Phi) is 4.45. The van der Waals surface area contributed by atoms with E-state index in [-0.39, 0.29) is 18.2 Å². The predicted molar refractivity (Wildman–Crippen MR) is 101 cm³/mol. The molecule has 1 heterocycles. The molecule has 0 saturated heterocycles. The Bertz CT molecular complexity index is 983. The maximum absolute atomic E-state index is 12.6. The van der Waals surface area contributed by atoms with Crippen molar-refractivity contribution in [2.24, 2.45) is 0 Å². The molecule has 0 atom stereocenters. The Hall–Kier alpha value is -2.88. The van der Waals surface area contributed by atoms with Crippen molar-refractivity contribution in [2.75, 3.05) is 5.32 Å². The van der Waals surface area contributed by atoms with E-state index in [0.29, 0.717) is 5.56 Å². The molecule has 0 saturated carbocycles. The summed E-state index contributed by atoms with van der Waals surface area (Å²) in [4.78, 5) is 24.6. The van der Waals surface area contributed by atoms with Crippen molar-refractivity contribution in [3.8, 4) is 0 Å². The van der Waals surface area contributed by atoms with E-state index in [2.05, 4.69) is 5.32 Å². The predicted octanol–water partition coefficient (Wildman–Crippen LogP) is 4.41. The lowest BCUT2D eigenvalue weighted by Gasteiger charge is -2.12. The number of rotatable bonds is 4. The van der Waals surface area contributed by atoms with E-state index in [1.807, 2.05) is 67.8 Å². The number of hydrogen-bond acceptors (Lipinski definition) is 2. The third-order valence-electron chi connectivity index (χ3n) is 4.55. The van der Waals surface area contributed by atoms with Crippen molar-refractivity contribution >= 4 is 28.3 Å². The molecule has 0 bridgehead atoms. The summed E-state index contributed by atoms with van der Waals surface area (Å²) in [6.45, 7) is 7.60. The lowest BCUT2D eigenvalue weighted by Crippen LogP contribution is -2.20. The van der Waals surface area contributed by atoms with Crippen LogP contribution >= 0.6 is 0 Å². The van der Waals surface area contributed by atoms with Gasteiger partial charge in [-0.3, -0.25) is 9.59 Å². The van der Waals surface area contributed by atoms with E-state index in [0.717, 1.165) is 33.4 Å². The molecule has 1 aromatic heterocycles. The number of hydrogen-bond donors (Lipinski definition) is 1. The molecular formula is C21H22N2O2. The summed E-state index contributed by atoms with van der Waals surface area (Å²) in [5.41, 5.74) is 5.37. The van der Waals surface area contributed by atoms with Crippen molar-refractivity contribution < 1.29 is 9.59 Å². The number of para-hydroxylation sites is 1. The van der Waals surface area contributed by atoms with Crippen LogP contribution in [0.2, 0.25) is 0 Å². The highest BCUT2D eigenvalue weighted by atomic mass is 16.2. The molecule has 0 aliphatic heterocycles. The van der Waals surface area contributed by atoms with Crippen molar-refractivity contribution in [1.29, 1.82) is 0 Å². The smallest absolute Gasteiger partial charge is 0.244 e. The minimum atomic E-state index is -0.104. The number of carbonyl (C=O) groups excluding carboxylic acids is 2. The number of amides is 1. The van der Waals surface area contributed by atoms with Gasteiger partial charge in [-0.2, -0.15) is 0 Å². The molecule has 3 rings (SSSR count). The van der Waals surface area contributed by atoms with Gasteiger partial charge >= 0.3 is 0 Å². The normalized spacial score (nSPS) is 10.9. The minimum Gasteiger partial charge on any atom is -0.335 e. The van der Waals surface area contributed by atoms with Gasteiger partial charge in [-0.15, -0.1) is 0 Å². The van der Waals surface area contributed by atoms with Crippen molar-refractivity contribution in [3.05, 3.63) is 64.8 Å². The summed E-state index contributed by atoms with van der Waals surface area (Å²) >= 11 is 0. The van der Waals surface area contributed by atoms with Crippen LogP contribution in [0.4, 0.5) is 5.69 Å². The van der Waals surface area contributed by atoms with E-state index in [9.17, 15) is 9.59 Å². The second-order valence-corrected chi connectivity index (χ2v) is 6.49. The van der Waals surface area contributed by atoms with Gasteiger partial charge in [0.2, 0.25) is 5.91 Å². The average Bonchev–Trinajstić information content (AvgIpc) is 2.83. The standard InChI is InChI=1S/C21H22N2O2/c1-13-9-10-14(2)18(11-13)22-20(25)12-23-15(3)21(16(4)24)17-7-5-6-8-19(17)23/h5-11H,12H2,1-4H3,(H,22,25). The van der Waals surface area contributed by atoms with Crippen LogP contribution in [0.1, 0.15) is 34.1 Å². The van der Waals surface area contributed by atoms with E-state index in [1.165, 1.54) is 0 Å². The van der Waals surface area contributed by atoms with Gasteiger partial charge in [0.15, 0.2) is 5.78 Å². The molecule has 1 amide bonds. The molecule has 2 aromatic carbocycles. The fourth-order valence-corrected chi connectivity index (χ4v) is 3.28. The summed E-state index contributed by atoms with van der Waals surface area (Å²) in [5.74, 6) is -0.0879. The first-order valence-electron chi connectivity index (χ1n) is 8.34. The third-order valence-corrected chi connectivity index (χ3v) is 4.55. The number of aromatic nitrogens is 1. The van der Waals surface area contributed by atoms with Crippen molar-refractivity contribution in [2.45, 2.75) is 34.2 Å². The molecule has 4 nitrogen and oxygen atoms in total. The summed E-state index contributed by atoms with van der Waals surface area (Å²) < 4.78 is 1.91. The lowest BCUT2D eigenvalue weighted by molar-refractivity contribution is -0.116. The first-order chi connectivity index (χ1) is 11.9. The maximum Gasteiger partial charge on any atom is 0.244 e. The number of benzene rings is 2. The first-order valence-corrected chi connectivity index (χ1v) is 8.34. The van der Waals surface area contributed by atoms with Crippen LogP contribution in [-0.2, 0) is 11.3 Å². The van der Waals surface area contributed by atoms with Crippen LogP contribution in [0, 0.1) is 20.8 Å². The Morgan fingerprint density at radius 1 is 1.04 bits per heavy atom. The van der Waals surface area contributed by atoms with Gasteiger partial charge in [-0.25, -0.2) is 0 Å². The van der Waals surface area contributed by atoms with E-state index in [1.54, 1.807) is 6.92 Å². The van der Waals surface area contributed by atoms with Gasteiger partial charge in [-0.1, -0.05) is 30.3 Å². The van der Waals surface area contributed by atoms with Crippen LogP contribution < -0.4 is 5.32 Å². The number of ketones is 1. The molecule has 1 N–H and O–H groups in total. The first kappa shape index (κ1) is 17.0. The fraction of sp³-hybridized carbons (Fsp3) is 0.238. The second kappa shape index (κ2) is 6.55. The van der Waals surface area contributed by atoms with Gasteiger partial charge in [0, 0.05) is 27.8 Å². The second-order valence-electron chi connectivity index (χ2n) is 6.49. The third kappa shape index (κ3) is 3.20. The fourth-order valence-electron chi connectivity index (χ4n) is 3.28. The molecule has 4 heteroatoms. The maximum atomic E-state index is 12.6. The summed E-state index contributed by atoms with van der Waals surface area (Å²) in [6.07, 6.45) is 0. The largest absolute Gasteiger partial charge is 0.335 e. The molecule has 128 valence electrons. The molecular weight excluding hydrogens is 312 g/mol. The van der Waals surface area contributed by atoms with Crippen LogP contribution in [0.5, 0.6) is 0 Å². The lowest BCUT2D eigenvalue weighted by atomic mass is 10.1. The van der Waals surface area contributed by atoms with Gasteiger partial charge in [0.25, 0.3) is 0 Å². The summed E-state index contributed by atoms with van der Waals surface area (Å²) in [7, 11) is 0. The number of fused-ring (bicyclic) bond motifs is 1. The zero-order valence-corrected chi connectivity index (χ0v) is 15.0. The Balaban J connectivity index is 1.95. The molecule has 3 aromatic rings. The van der Waals surface area contributed by atoms with E-state index < -0.39 is 0 Å². The van der Waals surface area contributed by atoms with Crippen LogP contribution in [0.25, 0.3) is 10.9 Å². The summed E-state index contributed by atoms with van der Waals surface area (Å²) in [5, 5.41) is 3.88. The quantitative estimate of drug-likeness (QED) is 0.719. The zero-order chi connectivity index (χ0) is 18.1. The molecule has 0 radical (unpaired) electrons. The molecule has 0 unspecified atom stereocenters. The number of carbonyl (C=O) groups is 2. The number of nitrogens with zero attached hydrogens (tertiary/aromatic N) is 1. The molecule has 25 heavy (non-hydrogen) atoms.